The number of nitrogens with two attached hydrogens (primary N) is 1. The second-order valence-electron chi connectivity index (χ2n) is 2.02. The van der Waals surface area contributed by atoms with Crippen molar-refractivity contribution in [2.45, 2.75) is 6.54 Å². The maximum absolute atomic E-state index is 5.38. The number of benzene rings is 1. The molecule has 1 aromatic rings. The summed E-state index contributed by atoms with van der Waals surface area (Å²) in [5.41, 5.74) is 7.57. The van der Waals surface area contributed by atoms with Gasteiger partial charge in [-0.2, -0.15) is 24.6 Å². The first-order chi connectivity index (χ1) is 5.33. The Morgan fingerprint density at radius 1 is 1.27 bits per heavy atom. The SMILES string of the molecule is [CH2-]c1ccc(CN)cc1.[Zn+][Br]. The third kappa shape index (κ3) is 4.57. The van der Waals surface area contributed by atoms with Crippen LogP contribution in [0.1, 0.15) is 11.1 Å². The Kier molecular flexibility index (Phi) is 6.93. The molecular weight excluding hydrogens is 255 g/mol. The van der Waals surface area contributed by atoms with Crippen molar-refractivity contribution in [2.24, 2.45) is 5.73 Å². The fraction of sp³-hybridized carbons (Fsp3) is 0.125. The minimum atomic E-state index is 0.611. The van der Waals surface area contributed by atoms with E-state index in [4.69, 9.17) is 5.73 Å². The van der Waals surface area contributed by atoms with Crippen LogP contribution in [0.15, 0.2) is 24.3 Å². The molecule has 0 aliphatic carbocycles. The van der Waals surface area contributed by atoms with E-state index in [9.17, 15) is 0 Å². The van der Waals surface area contributed by atoms with E-state index >= 15 is 0 Å². The van der Waals surface area contributed by atoms with Crippen LogP contribution in [0, 0.1) is 6.92 Å². The molecule has 0 bridgehead atoms. The molecule has 0 aromatic heterocycles. The molecule has 2 N–H and O–H groups in total. The van der Waals surface area contributed by atoms with E-state index < -0.39 is 0 Å². The van der Waals surface area contributed by atoms with Crippen molar-refractivity contribution in [3.05, 3.63) is 42.3 Å². The van der Waals surface area contributed by atoms with Crippen molar-refractivity contribution in [3.63, 3.8) is 0 Å². The summed E-state index contributed by atoms with van der Waals surface area (Å²) in [7, 11) is 0. The molecule has 0 atom stereocenters. The molecule has 0 amide bonds. The molecule has 0 spiro atoms. The summed E-state index contributed by atoms with van der Waals surface area (Å²) in [4.78, 5) is 0. The molecule has 0 radical (unpaired) electrons. The van der Waals surface area contributed by atoms with Crippen LogP contribution in [0.3, 0.4) is 0 Å². The predicted octanol–water partition coefficient (Wildman–Crippen LogP) is 2.17. The van der Waals surface area contributed by atoms with Gasteiger partial charge in [0.1, 0.15) is 0 Å². The van der Waals surface area contributed by atoms with Crippen LogP contribution < -0.4 is 5.73 Å². The first kappa shape index (κ1) is 11.2. The molecule has 0 aliphatic heterocycles. The van der Waals surface area contributed by atoms with E-state index in [1.807, 2.05) is 24.3 Å². The minimum absolute atomic E-state index is 0.611. The Labute approximate surface area is 84.4 Å². The molecule has 0 saturated carbocycles. The average Bonchev–Trinajstić information content (AvgIpc) is 2.10. The van der Waals surface area contributed by atoms with Gasteiger partial charge >= 0.3 is 30.0 Å². The normalized spacial score (nSPS) is 8.36. The van der Waals surface area contributed by atoms with Crippen LogP contribution in [0.25, 0.3) is 0 Å². The Morgan fingerprint density at radius 3 is 2.09 bits per heavy atom. The van der Waals surface area contributed by atoms with E-state index in [0.717, 1.165) is 11.1 Å². The topological polar surface area (TPSA) is 26.0 Å². The quantitative estimate of drug-likeness (QED) is 0.611. The predicted molar refractivity (Wildman–Crippen MR) is 47.7 cm³/mol. The monoisotopic (exact) mass is 263 g/mol. The third-order valence-corrected chi connectivity index (χ3v) is 1.26. The Bertz CT molecular complexity index is 186. The summed E-state index contributed by atoms with van der Waals surface area (Å²) in [6.45, 7) is 4.37. The fourth-order valence-electron chi connectivity index (χ4n) is 0.675. The van der Waals surface area contributed by atoms with Crippen molar-refractivity contribution >= 4 is 13.6 Å². The zero-order valence-corrected chi connectivity index (χ0v) is 10.9. The van der Waals surface area contributed by atoms with Gasteiger partial charge in [0.25, 0.3) is 0 Å². The summed E-state index contributed by atoms with van der Waals surface area (Å²) in [5, 5.41) is 0. The van der Waals surface area contributed by atoms with Gasteiger partial charge in [-0.25, -0.2) is 0 Å². The van der Waals surface area contributed by atoms with Crippen LogP contribution in [0.4, 0.5) is 0 Å². The van der Waals surface area contributed by atoms with E-state index in [2.05, 4.69) is 20.5 Å². The molecule has 1 aromatic carbocycles. The summed E-state index contributed by atoms with van der Waals surface area (Å²) < 4.78 is 0. The third-order valence-electron chi connectivity index (χ3n) is 1.26. The van der Waals surface area contributed by atoms with Gasteiger partial charge in [-0.15, -0.1) is 12.1 Å². The van der Waals surface area contributed by atoms with Crippen LogP contribution in [0.5, 0.6) is 0 Å². The van der Waals surface area contributed by atoms with Crippen LogP contribution in [-0.2, 0) is 22.9 Å². The Morgan fingerprint density at radius 2 is 1.73 bits per heavy atom. The Balaban J connectivity index is 0.000000461. The van der Waals surface area contributed by atoms with E-state index in [0.29, 0.717) is 6.54 Å². The van der Waals surface area contributed by atoms with E-state index in [1.165, 1.54) is 16.3 Å². The molecule has 0 aliphatic rings. The molecule has 1 nitrogen and oxygen atoms in total. The molecule has 1 rings (SSSR count). The fourth-order valence-corrected chi connectivity index (χ4v) is 0.675. The van der Waals surface area contributed by atoms with Gasteiger partial charge < -0.3 is 5.73 Å². The van der Waals surface area contributed by atoms with Crippen LogP contribution in [0.2, 0.25) is 0 Å². The molecular formula is C8H10BrNZn. The maximum atomic E-state index is 5.38. The second-order valence-corrected chi connectivity index (χ2v) is 2.02. The molecule has 11 heavy (non-hydrogen) atoms. The van der Waals surface area contributed by atoms with Gasteiger partial charge in [-0.3, -0.25) is 0 Å². The first-order valence-electron chi connectivity index (χ1n) is 3.20. The number of halogens is 1. The van der Waals surface area contributed by atoms with Crippen LogP contribution >= 0.6 is 13.6 Å². The van der Waals surface area contributed by atoms with Gasteiger partial charge in [0.05, 0.1) is 0 Å². The molecule has 0 heterocycles. The van der Waals surface area contributed by atoms with Gasteiger partial charge in [-0.1, -0.05) is 5.56 Å². The second kappa shape index (κ2) is 6.84. The first-order valence-corrected chi connectivity index (χ1v) is 10.2. The van der Waals surface area contributed by atoms with Gasteiger partial charge in [0.2, 0.25) is 0 Å². The number of hydrogen-bond donors (Lipinski definition) is 1. The summed E-state index contributed by atoms with van der Waals surface area (Å²) >= 11 is 4.25. The van der Waals surface area contributed by atoms with Gasteiger partial charge in [0.15, 0.2) is 0 Å². The molecule has 0 saturated heterocycles. The van der Waals surface area contributed by atoms with Gasteiger partial charge in [-0.05, 0) is 0 Å². The molecule has 56 valence electrons. The van der Waals surface area contributed by atoms with Crippen molar-refractivity contribution in [1.29, 1.82) is 0 Å². The van der Waals surface area contributed by atoms with E-state index in [1.54, 1.807) is 0 Å². The zero-order valence-electron chi connectivity index (χ0n) is 6.39. The number of rotatable bonds is 1. The summed E-state index contributed by atoms with van der Waals surface area (Å²) in [6, 6.07) is 7.90. The Hall–Kier alpha value is 0.153. The molecule has 3 heteroatoms. The number of hydrogen-bond acceptors (Lipinski definition) is 1. The van der Waals surface area contributed by atoms with Crippen molar-refractivity contribution in [2.75, 3.05) is 0 Å². The van der Waals surface area contributed by atoms with Crippen molar-refractivity contribution in [1.82, 2.24) is 0 Å². The van der Waals surface area contributed by atoms with Gasteiger partial charge in [0, 0.05) is 6.54 Å². The van der Waals surface area contributed by atoms with Crippen molar-refractivity contribution < 1.29 is 16.3 Å². The standard InChI is InChI=1S/C8H10N.BrH.Zn/c1-7-2-4-8(6-9)5-3-7;;/h2-5H,1,6,9H2;1H;/q-1;;+2/p-1. The molecule has 0 unspecified atom stereocenters. The summed E-state index contributed by atoms with van der Waals surface area (Å²) in [5.74, 6) is 0. The average molecular weight is 265 g/mol. The summed E-state index contributed by atoms with van der Waals surface area (Å²) in [6.07, 6.45) is 0. The van der Waals surface area contributed by atoms with Crippen molar-refractivity contribution in [3.8, 4) is 0 Å². The molecule has 0 fully saturated rings. The zero-order chi connectivity index (χ0) is 8.69. The van der Waals surface area contributed by atoms with Crippen LogP contribution in [-0.4, -0.2) is 0 Å². The van der Waals surface area contributed by atoms with E-state index in [-0.39, 0.29) is 0 Å².